The number of amides is 1. The monoisotopic (exact) mass is 342 g/mol. The Morgan fingerprint density at radius 3 is 2.72 bits per heavy atom. The maximum Gasteiger partial charge on any atom is 0.270 e. The Labute approximate surface area is 147 Å². The molecule has 0 fully saturated rings. The van der Waals surface area contributed by atoms with Gasteiger partial charge in [0.25, 0.3) is 5.91 Å². The van der Waals surface area contributed by atoms with E-state index in [1.54, 1.807) is 26.4 Å². The van der Waals surface area contributed by atoms with Crippen molar-refractivity contribution < 1.29 is 14.3 Å². The number of hydrogen-bond acceptors (Lipinski definition) is 6. The highest BCUT2D eigenvalue weighted by Crippen LogP contribution is 2.27. The molecule has 1 aromatic carbocycles. The van der Waals surface area contributed by atoms with E-state index in [9.17, 15) is 4.79 Å². The summed E-state index contributed by atoms with van der Waals surface area (Å²) in [4.78, 5) is 20.0. The molecule has 1 heterocycles. The molecule has 0 bridgehead atoms. The number of hydrogen-bond donors (Lipinski definition) is 2. The van der Waals surface area contributed by atoms with Crippen molar-refractivity contribution in [1.29, 1.82) is 0 Å². The summed E-state index contributed by atoms with van der Waals surface area (Å²) in [5, 5.41) is 5.87. The van der Waals surface area contributed by atoms with Crippen LogP contribution in [0.25, 0.3) is 0 Å². The molecule has 1 amide bonds. The Morgan fingerprint density at radius 2 is 2.00 bits per heavy atom. The Bertz CT molecular complexity index is 734. The zero-order chi connectivity index (χ0) is 18.1. The molecule has 0 atom stereocenters. The average molecular weight is 342 g/mol. The summed E-state index contributed by atoms with van der Waals surface area (Å²) in [5.74, 6) is 1.73. The van der Waals surface area contributed by atoms with Gasteiger partial charge >= 0.3 is 0 Å². The number of carbonyl (C=O) groups excluding carboxylic acids is 1. The van der Waals surface area contributed by atoms with Crippen LogP contribution in [0.5, 0.6) is 11.5 Å². The second-order valence-corrected chi connectivity index (χ2v) is 5.15. The molecule has 132 valence electrons. The standard InChI is InChI=1S/C18H22N4O3/c1-4-8-20-18(23)14-11-17(22-12-21-14)19-9-7-13-5-6-15(24-2)16(10-13)25-3/h4-6,10-12H,1,7-9H2,2-3H3,(H,20,23)(H,19,21,22). The van der Waals surface area contributed by atoms with Gasteiger partial charge in [0, 0.05) is 19.2 Å². The molecule has 0 unspecified atom stereocenters. The minimum Gasteiger partial charge on any atom is -0.493 e. The first-order valence-corrected chi connectivity index (χ1v) is 7.84. The van der Waals surface area contributed by atoms with Crippen LogP contribution in [0.2, 0.25) is 0 Å². The number of methoxy groups -OCH3 is 2. The molecular weight excluding hydrogens is 320 g/mol. The number of benzene rings is 1. The topological polar surface area (TPSA) is 85.4 Å². The first kappa shape index (κ1) is 18.3. The summed E-state index contributed by atoms with van der Waals surface area (Å²) in [6.07, 6.45) is 3.74. The number of rotatable bonds is 9. The van der Waals surface area contributed by atoms with Crippen LogP contribution in [0, 0.1) is 0 Å². The minimum atomic E-state index is -0.259. The van der Waals surface area contributed by atoms with Crippen LogP contribution < -0.4 is 20.1 Å². The Kier molecular flexibility index (Phi) is 6.76. The maximum atomic E-state index is 11.9. The normalized spacial score (nSPS) is 10.0. The molecule has 7 heteroatoms. The van der Waals surface area contributed by atoms with Gasteiger partial charge < -0.3 is 20.1 Å². The van der Waals surface area contributed by atoms with Crippen molar-refractivity contribution in [3.05, 3.63) is 54.5 Å². The smallest absolute Gasteiger partial charge is 0.270 e. The predicted octanol–water partition coefficient (Wildman–Crippen LogP) is 2.06. The van der Waals surface area contributed by atoms with Gasteiger partial charge in [-0.05, 0) is 24.1 Å². The molecule has 2 aromatic rings. The van der Waals surface area contributed by atoms with Gasteiger partial charge in [-0.1, -0.05) is 12.1 Å². The van der Waals surface area contributed by atoms with Crippen LogP contribution in [0.1, 0.15) is 16.1 Å². The summed E-state index contributed by atoms with van der Waals surface area (Å²) < 4.78 is 10.5. The van der Waals surface area contributed by atoms with Crippen molar-refractivity contribution in [3.63, 3.8) is 0 Å². The average Bonchev–Trinajstić information content (AvgIpc) is 2.66. The van der Waals surface area contributed by atoms with Gasteiger partial charge in [-0.2, -0.15) is 0 Å². The van der Waals surface area contributed by atoms with E-state index in [1.165, 1.54) is 6.33 Å². The Balaban J connectivity index is 1.93. The second kappa shape index (κ2) is 9.27. The van der Waals surface area contributed by atoms with Gasteiger partial charge in [0.05, 0.1) is 14.2 Å². The molecule has 0 saturated carbocycles. The largest absolute Gasteiger partial charge is 0.493 e. The van der Waals surface area contributed by atoms with Gasteiger partial charge in [0.2, 0.25) is 0 Å². The molecule has 0 aliphatic carbocycles. The molecule has 0 aliphatic heterocycles. The lowest BCUT2D eigenvalue weighted by Gasteiger charge is -2.10. The van der Waals surface area contributed by atoms with Crippen molar-refractivity contribution in [2.45, 2.75) is 6.42 Å². The van der Waals surface area contributed by atoms with Gasteiger partial charge in [-0.3, -0.25) is 4.79 Å². The van der Waals surface area contributed by atoms with E-state index in [1.807, 2.05) is 18.2 Å². The lowest BCUT2D eigenvalue weighted by Crippen LogP contribution is -2.24. The highest BCUT2D eigenvalue weighted by molar-refractivity contribution is 5.92. The Morgan fingerprint density at radius 1 is 1.20 bits per heavy atom. The summed E-state index contributed by atoms with van der Waals surface area (Å²) >= 11 is 0. The van der Waals surface area contributed by atoms with Crippen LogP contribution in [0.3, 0.4) is 0 Å². The van der Waals surface area contributed by atoms with Crippen molar-refractivity contribution in [2.24, 2.45) is 0 Å². The molecule has 2 N–H and O–H groups in total. The number of ether oxygens (including phenoxy) is 2. The fourth-order valence-corrected chi connectivity index (χ4v) is 2.20. The minimum absolute atomic E-state index is 0.259. The van der Waals surface area contributed by atoms with Crippen LogP contribution in [-0.4, -0.2) is 43.2 Å². The fourth-order valence-electron chi connectivity index (χ4n) is 2.20. The number of nitrogens with one attached hydrogen (secondary N) is 2. The van der Waals surface area contributed by atoms with Crippen LogP contribution >= 0.6 is 0 Å². The van der Waals surface area contributed by atoms with E-state index >= 15 is 0 Å². The highest BCUT2D eigenvalue weighted by Gasteiger charge is 2.08. The van der Waals surface area contributed by atoms with Gasteiger partial charge in [-0.15, -0.1) is 6.58 Å². The molecule has 2 rings (SSSR count). The van der Waals surface area contributed by atoms with Gasteiger partial charge in [-0.25, -0.2) is 9.97 Å². The first-order valence-electron chi connectivity index (χ1n) is 7.84. The molecule has 0 saturated heterocycles. The third-order valence-corrected chi connectivity index (χ3v) is 3.47. The van der Waals surface area contributed by atoms with E-state index in [-0.39, 0.29) is 5.91 Å². The van der Waals surface area contributed by atoms with E-state index in [2.05, 4.69) is 27.2 Å². The maximum absolute atomic E-state index is 11.9. The number of carbonyl (C=O) groups is 1. The number of aromatic nitrogens is 2. The lowest BCUT2D eigenvalue weighted by molar-refractivity contribution is 0.0953. The lowest BCUT2D eigenvalue weighted by atomic mass is 10.1. The van der Waals surface area contributed by atoms with Crippen LogP contribution in [0.4, 0.5) is 5.82 Å². The molecule has 25 heavy (non-hydrogen) atoms. The van der Waals surface area contributed by atoms with Crippen molar-refractivity contribution in [1.82, 2.24) is 15.3 Å². The van der Waals surface area contributed by atoms with Crippen LogP contribution in [0.15, 0.2) is 43.2 Å². The molecule has 0 aliphatic rings. The van der Waals surface area contributed by atoms with Crippen molar-refractivity contribution in [3.8, 4) is 11.5 Å². The molecule has 1 aromatic heterocycles. The second-order valence-electron chi connectivity index (χ2n) is 5.15. The summed E-state index contributed by atoms with van der Waals surface area (Å²) in [5.41, 5.74) is 1.41. The summed E-state index contributed by atoms with van der Waals surface area (Å²) in [6, 6.07) is 7.42. The molecule has 7 nitrogen and oxygen atoms in total. The summed E-state index contributed by atoms with van der Waals surface area (Å²) in [6.45, 7) is 4.61. The first-order chi connectivity index (χ1) is 12.2. The number of anilines is 1. The fraction of sp³-hybridized carbons (Fsp3) is 0.278. The predicted molar refractivity (Wildman–Crippen MR) is 96.3 cm³/mol. The highest BCUT2D eigenvalue weighted by atomic mass is 16.5. The van der Waals surface area contributed by atoms with E-state index < -0.39 is 0 Å². The Hall–Kier alpha value is -3.09. The zero-order valence-electron chi connectivity index (χ0n) is 14.4. The number of nitrogens with zero attached hydrogens (tertiary/aromatic N) is 2. The molecule has 0 spiro atoms. The third kappa shape index (κ3) is 5.20. The zero-order valence-corrected chi connectivity index (χ0v) is 14.4. The van der Waals surface area contributed by atoms with Crippen molar-refractivity contribution in [2.75, 3.05) is 32.6 Å². The van der Waals surface area contributed by atoms with E-state index in [4.69, 9.17) is 9.47 Å². The van der Waals surface area contributed by atoms with E-state index in [0.717, 1.165) is 12.0 Å². The molecule has 0 radical (unpaired) electrons. The SMILES string of the molecule is C=CCNC(=O)c1cc(NCCc2ccc(OC)c(OC)c2)ncn1. The van der Waals surface area contributed by atoms with Crippen LogP contribution in [-0.2, 0) is 6.42 Å². The molecular formula is C18H22N4O3. The third-order valence-electron chi connectivity index (χ3n) is 3.47. The summed E-state index contributed by atoms with van der Waals surface area (Å²) in [7, 11) is 3.22. The van der Waals surface area contributed by atoms with E-state index in [0.29, 0.717) is 36.1 Å². The quantitative estimate of drug-likeness (QED) is 0.679. The van der Waals surface area contributed by atoms with Gasteiger partial charge in [0.15, 0.2) is 11.5 Å². The van der Waals surface area contributed by atoms with Crippen molar-refractivity contribution >= 4 is 11.7 Å². The van der Waals surface area contributed by atoms with Gasteiger partial charge in [0.1, 0.15) is 17.8 Å².